The van der Waals surface area contributed by atoms with Crippen molar-refractivity contribution in [2.75, 3.05) is 18.6 Å². The van der Waals surface area contributed by atoms with Crippen molar-refractivity contribution >= 4 is 22.4 Å². The first kappa shape index (κ1) is 13.3. The maximum Gasteiger partial charge on any atom is 0.357 e. The van der Waals surface area contributed by atoms with Crippen molar-refractivity contribution in [3.05, 3.63) is 10.6 Å². The Balaban J connectivity index is 2.24. The Bertz CT molecular complexity index is 431. The van der Waals surface area contributed by atoms with E-state index in [0.717, 1.165) is 16.6 Å². The minimum atomic E-state index is -0.336. The molecule has 0 spiro atoms. The van der Waals surface area contributed by atoms with Crippen LogP contribution in [-0.2, 0) is 4.74 Å². The number of anilines is 1. The van der Waals surface area contributed by atoms with E-state index in [-0.39, 0.29) is 5.97 Å². The van der Waals surface area contributed by atoms with Gasteiger partial charge in [0.25, 0.3) is 0 Å². The minimum Gasteiger partial charge on any atom is -0.464 e. The minimum absolute atomic E-state index is 0.336. The SMILES string of the molecule is COC(=O)c1nc(N2CCCCCC2C)sc1C. The van der Waals surface area contributed by atoms with Crippen LogP contribution < -0.4 is 4.90 Å². The lowest BCUT2D eigenvalue weighted by molar-refractivity contribution is 0.0594. The molecular formula is C13H20N2O2S. The van der Waals surface area contributed by atoms with Crippen LogP contribution in [0.15, 0.2) is 0 Å². The summed E-state index contributed by atoms with van der Waals surface area (Å²) in [7, 11) is 1.40. The van der Waals surface area contributed by atoms with Crippen LogP contribution in [0.25, 0.3) is 0 Å². The van der Waals surface area contributed by atoms with Gasteiger partial charge in [-0.1, -0.05) is 12.8 Å². The van der Waals surface area contributed by atoms with Crippen molar-refractivity contribution in [3.63, 3.8) is 0 Å². The van der Waals surface area contributed by atoms with E-state index in [1.54, 1.807) is 11.3 Å². The van der Waals surface area contributed by atoms with Crippen LogP contribution >= 0.6 is 11.3 Å². The van der Waals surface area contributed by atoms with Gasteiger partial charge in [0, 0.05) is 17.5 Å². The smallest absolute Gasteiger partial charge is 0.357 e. The molecule has 0 aromatic carbocycles. The molecule has 2 rings (SSSR count). The van der Waals surface area contributed by atoms with E-state index in [4.69, 9.17) is 4.74 Å². The molecule has 1 aromatic heterocycles. The summed E-state index contributed by atoms with van der Waals surface area (Å²) in [4.78, 5) is 19.3. The Morgan fingerprint density at radius 3 is 2.94 bits per heavy atom. The average Bonchev–Trinajstić information content (AvgIpc) is 2.60. The molecule has 1 aliphatic heterocycles. The molecule has 0 saturated carbocycles. The fourth-order valence-electron chi connectivity index (χ4n) is 2.35. The summed E-state index contributed by atoms with van der Waals surface area (Å²) in [6, 6.07) is 0.503. The Morgan fingerprint density at radius 2 is 2.22 bits per heavy atom. The van der Waals surface area contributed by atoms with E-state index in [1.807, 2.05) is 6.92 Å². The zero-order chi connectivity index (χ0) is 13.1. The van der Waals surface area contributed by atoms with Gasteiger partial charge in [-0.3, -0.25) is 0 Å². The van der Waals surface area contributed by atoms with Gasteiger partial charge in [-0.15, -0.1) is 11.3 Å². The summed E-state index contributed by atoms with van der Waals surface area (Å²) in [5.41, 5.74) is 0.467. The number of hydrogen-bond donors (Lipinski definition) is 0. The molecule has 1 saturated heterocycles. The van der Waals surface area contributed by atoms with Crippen molar-refractivity contribution in [3.8, 4) is 0 Å². The molecule has 1 aliphatic rings. The summed E-state index contributed by atoms with van der Waals surface area (Å²) >= 11 is 1.59. The van der Waals surface area contributed by atoms with Crippen LogP contribution in [0.3, 0.4) is 0 Å². The summed E-state index contributed by atoms with van der Waals surface area (Å²) in [6.07, 6.45) is 4.98. The van der Waals surface area contributed by atoms with Crippen molar-refractivity contribution in [2.45, 2.75) is 45.6 Å². The third-order valence-corrected chi connectivity index (χ3v) is 4.47. The number of carbonyl (C=O) groups excluding carboxylic acids is 1. The standard InChI is InChI=1S/C13H20N2O2S/c1-9-7-5-4-6-8-15(9)13-14-11(10(2)18-13)12(16)17-3/h9H,4-8H2,1-3H3. The number of aromatic nitrogens is 1. The highest BCUT2D eigenvalue weighted by molar-refractivity contribution is 7.15. The molecule has 0 amide bonds. The van der Waals surface area contributed by atoms with Crippen LogP contribution in [0.2, 0.25) is 0 Å². The van der Waals surface area contributed by atoms with Gasteiger partial charge in [-0.2, -0.15) is 0 Å². The van der Waals surface area contributed by atoms with E-state index >= 15 is 0 Å². The molecule has 100 valence electrons. The Labute approximate surface area is 112 Å². The monoisotopic (exact) mass is 268 g/mol. The predicted molar refractivity (Wildman–Crippen MR) is 73.5 cm³/mol. The molecule has 0 bridgehead atoms. The number of aryl methyl sites for hydroxylation is 1. The summed E-state index contributed by atoms with van der Waals surface area (Å²) in [6.45, 7) is 5.20. The third-order valence-electron chi connectivity index (χ3n) is 3.46. The molecule has 1 atom stereocenters. The molecule has 0 radical (unpaired) electrons. The Kier molecular flexibility index (Phi) is 4.22. The predicted octanol–water partition coefficient (Wildman–Crippen LogP) is 3.01. The van der Waals surface area contributed by atoms with Gasteiger partial charge in [0.1, 0.15) is 0 Å². The van der Waals surface area contributed by atoms with E-state index < -0.39 is 0 Å². The molecule has 1 aromatic rings. The summed E-state index contributed by atoms with van der Waals surface area (Å²) in [5.74, 6) is -0.336. The molecule has 0 N–H and O–H groups in total. The molecule has 0 aliphatic carbocycles. The van der Waals surface area contributed by atoms with Gasteiger partial charge in [0.15, 0.2) is 10.8 Å². The number of carbonyl (C=O) groups is 1. The fraction of sp³-hybridized carbons (Fsp3) is 0.692. The van der Waals surface area contributed by atoms with Crippen molar-refractivity contribution < 1.29 is 9.53 Å². The second-order valence-electron chi connectivity index (χ2n) is 4.78. The highest BCUT2D eigenvalue weighted by atomic mass is 32.1. The number of hydrogen-bond acceptors (Lipinski definition) is 5. The highest BCUT2D eigenvalue weighted by Gasteiger charge is 2.23. The van der Waals surface area contributed by atoms with E-state index in [1.165, 1.54) is 32.8 Å². The maximum absolute atomic E-state index is 11.6. The Hall–Kier alpha value is -1.10. The zero-order valence-electron chi connectivity index (χ0n) is 11.2. The number of nitrogens with zero attached hydrogens (tertiary/aromatic N) is 2. The molecule has 5 heteroatoms. The molecule has 18 heavy (non-hydrogen) atoms. The lowest BCUT2D eigenvalue weighted by Crippen LogP contribution is -2.32. The molecule has 2 heterocycles. The number of methoxy groups -OCH3 is 1. The lowest BCUT2D eigenvalue weighted by Gasteiger charge is -2.26. The van der Waals surface area contributed by atoms with Crippen LogP contribution in [0.4, 0.5) is 5.13 Å². The van der Waals surface area contributed by atoms with Crippen LogP contribution in [0.5, 0.6) is 0 Å². The van der Waals surface area contributed by atoms with Gasteiger partial charge in [-0.25, -0.2) is 9.78 Å². The van der Waals surface area contributed by atoms with Crippen molar-refractivity contribution in [1.29, 1.82) is 0 Å². The summed E-state index contributed by atoms with van der Waals surface area (Å²) in [5, 5.41) is 0.960. The first-order valence-corrected chi connectivity index (χ1v) is 7.27. The number of ether oxygens (including phenoxy) is 1. The largest absolute Gasteiger partial charge is 0.464 e. The number of thiazole rings is 1. The number of rotatable bonds is 2. The van der Waals surface area contributed by atoms with Crippen LogP contribution in [0, 0.1) is 6.92 Å². The Morgan fingerprint density at radius 1 is 1.44 bits per heavy atom. The second-order valence-corrected chi connectivity index (χ2v) is 5.97. The topological polar surface area (TPSA) is 42.4 Å². The normalized spacial score (nSPS) is 20.6. The highest BCUT2D eigenvalue weighted by Crippen LogP contribution is 2.30. The first-order valence-electron chi connectivity index (χ1n) is 6.46. The average molecular weight is 268 g/mol. The van der Waals surface area contributed by atoms with Crippen molar-refractivity contribution in [1.82, 2.24) is 4.98 Å². The number of esters is 1. The first-order chi connectivity index (χ1) is 8.63. The van der Waals surface area contributed by atoms with E-state index in [9.17, 15) is 4.79 Å². The fourth-order valence-corrected chi connectivity index (χ4v) is 3.38. The zero-order valence-corrected chi connectivity index (χ0v) is 12.0. The quantitative estimate of drug-likeness (QED) is 0.773. The molecule has 4 nitrogen and oxygen atoms in total. The molecular weight excluding hydrogens is 248 g/mol. The molecule has 1 unspecified atom stereocenters. The van der Waals surface area contributed by atoms with Crippen LogP contribution in [0.1, 0.15) is 48.0 Å². The van der Waals surface area contributed by atoms with Gasteiger partial charge >= 0.3 is 5.97 Å². The van der Waals surface area contributed by atoms with Gasteiger partial charge in [0.05, 0.1) is 7.11 Å². The van der Waals surface area contributed by atoms with Crippen molar-refractivity contribution in [2.24, 2.45) is 0 Å². The van der Waals surface area contributed by atoms with Gasteiger partial charge in [-0.05, 0) is 26.7 Å². The third kappa shape index (κ3) is 2.66. The van der Waals surface area contributed by atoms with Crippen LogP contribution in [-0.4, -0.2) is 30.6 Å². The van der Waals surface area contributed by atoms with E-state index in [2.05, 4.69) is 16.8 Å². The molecule has 1 fully saturated rings. The van der Waals surface area contributed by atoms with E-state index in [0.29, 0.717) is 11.7 Å². The maximum atomic E-state index is 11.6. The lowest BCUT2D eigenvalue weighted by atomic mass is 10.1. The second kappa shape index (κ2) is 5.69. The summed E-state index contributed by atoms with van der Waals surface area (Å²) < 4.78 is 4.76. The van der Waals surface area contributed by atoms with Gasteiger partial charge < -0.3 is 9.64 Å². The van der Waals surface area contributed by atoms with Gasteiger partial charge in [0.2, 0.25) is 0 Å².